The average Bonchev–Trinajstić information content (AvgIpc) is 2.35. The van der Waals surface area contributed by atoms with Gasteiger partial charge >= 0.3 is 5.97 Å². The molecule has 112 valence electrons. The van der Waals surface area contributed by atoms with Crippen LogP contribution < -0.4 is 5.73 Å². The summed E-state index contributed by atoms with van der Waals surface area (Å²) in [6.07, 6.45) is 1.39. The molecular formula is C14H28N2O3. The number of carbonyl (C=O) groups is 2. The van der Waals surface area contributed by atoms with Gasteiger partial charge in [-0.25, -0.2) is 0 Å². The van der Waals surface area contributed by atoms with Crippen LogP contribution in [0.25, 0.3) is 0 Å². The Kier molecular flexibility index (Phi) is 8.39. The SMILES string of the molecule is COC(=O)C(C)CN(C)C(=O)C[C@@H](CN)CC(C)C. The van der Waals surface area contributed by atoms with Crippen molar-refractivity contribution in [2.45, 2.75) is 33.6 Å². The molecule has 0 aromatic heterocycles. The van der Waals surface area contributed by atoms with Crippen molar-refractivity contribution in [3.63, 3.8) is 0 Å². The normalized spacial score (nSPS) is 14.1. The van der Waals surface area contributed by atoms with E-state index in [2.05, 4.69) is 18.6 Å². The van der Waals surface area contributed by atoms with Crippen molar-refractivity contribution in [2.75, 3.05) is 27.2 Å². The van der Waals surface area contributed by atoms with E-state index in [1.807, 2.05) is 0 Å². The average molecular weight is 272 g/mol. The van der Waals surface area contributed by atoms with Crippen molar-refractivity contribution in [1.29, 1.82) is 0 Å². The highest BCUT2D eigenvalue weighted by atomic mass is 16.5. The highest BCUT2D eigenvalue weighted by Crippen LogP contribution is 2.15. The Balaban J connectivity index is 4.28. The van der Waals surface area contributed by atoms with Crippen molar-refractivity contribution in [3.05, 3.63) is 0 Å². The van der Waals surface area contributed by atoms with Crippen molar-refractivity contribution in [1.82, 2.24) is 4.90 Å². The van der Waals surface area contributed by atoms with E-state index in [0.29, 0.717) is 25.4 Å². The van der Waals surface area contributed by atoms with Crippen molar-refractivity contribution in [2.24, 2.45) is 23.5 Å². The Bertz CT molecular complexity index is 292. The van der Waals surface area contributed by atoms with E-state index in [9.17, 15) is 9.59 Å². The second kappa shape index (κ2) is 8.91. The van der Waals surface area contributed by atoms with Gasteiger partial charge in [-0.1, -0.05) is 20.8 Å². The summed E-state index contributed by atoms with van der Waals surface area (Å²) in [6, 6.07) is 0. The van der Waals surface area contributed by atoms with Gasteiger partial charge in [0.15, 0.2) is 0 Å². The number of nitrogens with two attached hydrogens (primary N) is 1. The Labute approximate surface area is 116 Å². The monoisotopic (exact) mass is 272 g/mol. The molecule has 0 bridgehead atoms. The van der Waals surface area contributed by atoms with Gasteiger partial charge in [0.25, 0.3) is 0 Å². The minimum Gasteiger partial charge on any atom is -0.469 e. The van der Waals surface area contributed by atoms with Crippen LogP contribution in [-0.2, 0) is 14.3 Å². The Hall–Kier alpha value is -1.10. The number of hydrogen-bond donors (Lipinski definition) is 1. The van der Waals surface area contributed by atoms with Crippen LogP contribution in [0.3, 0.4) is 0 Å². The third-order valence-electron chi connectivity index (χ3n) is 3.18. The zero-order valence-corrected chi connectivity index (χ0v) is 12.8. The highest BCUT2D eigenvalue weighted by Gasteiger charge is 2.21. The summed E-state index contributed by atoms with van der Waals surface area (Å²) in [5.41, 5.74) is 5.70. The van der Waals surface area contributed by atoms with Crippen LogP contribution >= 0.6 is 0 Å². The summed E-state index contributed by atoms with van der Waals surface area (Å²) < 4.78 is 4.65. The van der Waals surface area contributed by atoms with E-state index in [-0.39, 0.29) is 23.7 Å². The Morgan fingerprint density at radius 2 is 1.84 bits per heavy atom. The highest BCUT2D eigenvalue weighted by molar-refractivity contribution is 5.77. The molecular weight excluding hydrogens is 244 g/mol. The first-order valence-corrected chi connectivity index (χ1v) is 6.83. The molecule has 0 aromatic carbocycles. The molecule has 1 unspecified atom stereocenters. The lowest BCUT2D eigenvalue weighted by Crippen LogP contribution is -2.36. The number of methoxy groups -OCH3 is 1. The molecule has 5 nitrogen and oxygen atoms in total. The molecule has 1 amide bonds. The summed E-state index contributed by atoms with van der Waals surface area (Å²) in [4.78, 5) is 25.0. The number of esters is 1. The summed E-state index contributed by atoms with van der Waals surface area (Å²) in [7, 11) is 3.07. The molecule has 0 aliphatic carbocycles. The van der Waals surface area contributed by atoms with Gasteiger partial charge in [-0.2, -0.15) is 0 Å². The Morgan fingerprint density at radius 3 is 2.26 bits per heavy atom. The van der Waals surface area contributed by atoms with Crippen LogP contribution in [0.4, 0.5) is 0 Å². The van der Waals surface area contributed by atoms with Crippen LogP contribution in [0, 0.1) is 17.8 Å². The van der Waals surface area contributed by atoms with Gasteiger partial charge < -0.3 is 15.4 Å². The van der Waals surface area contributed by atoms with E-state index in [0.717, 1.165) is 6.42 Å². The van der Waals surface area contributed by atoms with Crippen LogP contribution in [0.1, 0.15) is 33.6 Å². The lowest BCUT2D eigenvalue weighted by atomic mass is 9.93. The van der Waals surface area contributed by atoms with Crippen molar-refractivity contribution < 1.29 is 14.3 Å². The maximum Gasteiger partial charge on any atom is 0.310 e. The first-order chi connectivity index (χ1) is 8.81. The van der Waals surface area contributed by atoms with Gasteiger partial charge in [0.1, 0.15) is 0 Å². The number of amides is 1. The topological polar surface area (TPSA) is 72.6 Å². The molecule has 0 fully saturated rings. The Morgan fingerprint density at radius 1 is 1.26 bits per heavy atom. The predicted octanol–water partition coefficient (Wildman–Crippen LogP) is 1.26. The van der Waals surface area contributed by atoms with E-state index in [1.54, 1.807) is 18.9 Å². The van der Waals surface area contributed by atoms with Crippen molar-refractivity contribution >= 4 is 11.9 Å². The van der Waals surface area contributed by atoms with Gasteiger partial charge in [-0.3, -0.25) is 9.59 Å². The molecule has 0 radical (unpaired) electrons. The maximum atomic E-state index is 12.1. The molecule has 5 heteroatoms. The standard InChI is InChI=1S/C14H28N2O3/c1-10(2)6-12(8-15)7-13(17)16(4)9-11(3)14(18)19-5/h10-12H,6-9,15H2,1-5H3/t11?,12-/m0/s1. The van der Waals surface area contributed by atoms with Crippen LogP contribution in [0.15, 0.2) is 0 Å². The molecule has 2 N–H and O–H groups in total. The molecule has 19 heavy (non-hydrogen) atoms. The molecule has 0 saturated heterocycles. The summed E-state index contributed by atoms with van der Waals surface area (Å²) >= 11 is 0. The quantitative estimate of drug-likeness (QED) is 0.675. The van der Waals surface area contributed by atoms with E-state index >= 15 is 0 Å². The minimum absolute atomic E-state index is 0.0341. The summed E-state index contributed by atoms with van der Waals surface area (Å²) in [5, 5.41) is 0. The fourth-order valence-corrected chi connectivity index (χ4v) is 2.12. The first kappa shape index (κ1) is 17.9. The molecule has 0 heterocycles. The smallest absolute Gasteiger partial charge is 0.310 e. The van der Waals surface area contributed by atoms with Crippen LogP contribution in [0.2, 0.25) is 0 Å². The lowest BCUT2D eigenvalue weighted by molar-refractivity contribution is -0.146. The largest absolute Gasteiger partial charge is 0.469 e. The van der Waals surface area contributed by atoms with Crippen LogP contribution in [-0.4, -0.2) is 44.0 Å². The number of nitrogens with zero attached hydrogens (tertiary/aromatic N) is 1. The van der Waals surface area contributed by atoms with Gasteiger partial charge in [0, 0.05) is 20.0 Å². The van der Waals surface area contributed by atoms with E-state index in [4.69, 9.17) is 5.73 Å². The second-order valence-corrected chi connectivity index (χ2v) is 5.63. The zero-order valence-electron chi connectivity index (χ0n) is 12.8. The van der Waals surface area contributed by atoms with Crippen molar-refractivity contribution in [3.8, 4) is 0 Å². The summed E-state index contributed by atoms with van der Waals surface area (Å²) in [5.74, 6) is 0.175. The fraction of sp³-hybridized carbons (Fsp3) is 0.857. The third kappa shape index (κ3) is 7.15. The third-order valence-corrected chi connectivity index (χ3v) is 3.18. The number of hydrogen-bond acceptors (Lipinski definition) is 4. The van der Waals surface area contributed by atoms with E-state index in [1.165, 1.54) is 7.11 Å². The van der Waals surface area contributed by atoms with E-state index < -0.39 is 0 Å². The molecule has 0 spiro atoms. The minimum atomic E-state index is -0.305. The molecule has 0 saturated carbocycles. The molecule has 0 rings (SSSR count). The number of carbonyl (C=O) groups excluding carboxylic acids is 2. The molecule has 0 aromatic rings. The zero-order chi connectivity index (χ0) is 15.0. The second-order valence-electron chi connectivity index (χ2n) is 5.63. The van der Waals surface area contributed by atoms with Gasteiger partial charge in [0.2, 0.25) is 5.91 Å². The maximum absolute atomic E-state index is 12.1. The lowest BCUT2D eigenvalue weighted by Gasteiger charge is -2.23. The van der Waals surface area contributed by atoms with Gasteiger partial charge in [-0.05, 0) is 24.8 Å². The van der Waals surface area contributed by atoms with Gasteiger partial charge in [-0.15, -0.1) is 0 Å². The first-order valence-electron chi connectivity index (χ1n) is 6.83. The predicted molar refractivity (Wildman–Crippen MR) is 75.4 cm³/mol. The number of rotatable bonds is 8. The summed E-state index contributed by atoms with van der Waals surface area (Å²) in [6.45, 7) is 6.89. The molecule has 2 atom stereocenters. The fourth-order valence-electron chi connectivity index (χ4n) is 2.12. The number of ether oxygens (including phenoxy) is 1. The molecule has 0 aliphatic rings. The molecule has 0 aliphatic heterocycles. The van der Waals surface area contributed by atoms with Crippen LogP contribution in [0.5, 0.6) is 0 Å². The van der Waals surface area contributed by atoms with Gasteiger partial charge in [0.05, 0.1) is 13.0 Å².